The van der Waals surface area contributed by atoms with Gasteiger partial charge in [0.1, 0.15) is 0 Å². The molecule has 18 heavy (non-hydrogen) atoms. The summed E-state index contributed by atoms with van der Waals surface area (Å²) in [5.41, 5.74) is 5.39. The highest BCUT2D eigenvalue weighted by atomic mass is 16.5. The number of hydrogen-bond acceptors (Lipinski definition) is 5. The summed E-state index contributed by atoms with van der Waals surface area (Å²) in [5.74, 6) is 1.27. The zero-order chi connectivity index (χ0) is 13.2. The number of nitrogens with two attached hydrogens (primary N) is 1. The molecule has 0 unspecified atom stereocenters. The van der Waals surface area contributed by atoms with Crippen LogP contribution in [0.3, 0.4) is 0 Å². The van der Waals surface area contributed by atoms with Crippen LogP contribution in [0.4, 0.5) is 0 Å². The second-order valence-corrected chi connectivity index (χ2v) is 4.29. The molecule has 0 atom stereocenters. The smallest absolute Gasteiger partial charge is 0.228 e. The highest BCUT2D eigenvalue weighted by molar-refractivity contribution is 5.75. The van der Waals surface area contributed by atoms with Gasteiger partial charge >= 0.3 is 0 Å². The van der Waals surface area contributed by atoms with Gasteiger partial charge in [-0.3, -0.25) is 4.79 Å². The molecule has 3 N–H and O–H groups in total. The van der Waals surface area contributed by atoms with Crippen LogP contribution in [0.2, 0.25) is 0 Å². The van der Waals surface area contributed by atoms with Gasteiger partial charge in [-0.15, -0.1) is 0 Å². The van der Waals surface area contributed by atoms with E-state index in [0.717, 1.165) is 32.2 Å². The van der Waals surface area contributed by atoms with Crippen molar-refractivity contribution in [3.8, 4) is 0 Å². The van der Waals surface area contributed by atoms with Gasteiger partial charge in [0.05, 0.1) is 0 Å². The Hall–Kier alpha value is -1.43. The van der Waals surface area contributed by atoms with Gasteiger partial charge in [-0.25, -0.2) is 0 Å². The van der Waals surface area contributed by atoms with Gasteiger partial charge in [-0.2, -0.15) is 4.98 Å². The number of aromatic nitrogens is 2. The van der Waals surface area contributed by atoms with Gasteiger partial charge in [0.2, 0.25) is 11.8 Å². The molecule has 0 spiro atoms. The molecule has 0 fully saturated rings. The third-order valence-corrected chi connectivity index (χ3v) is 2.59. The molecule has 1 aromatic heterocycles. The summed E-state index contributed by atoms with van der Waals surface area (Å²) in [6.45, 7) is 3.05. The maximum Gasteiger partial charge on any atom is 0.228 e. The van der Waals surface area contributed by atoms with Crippen LogP contribution < -0.4 is 11.1 Å². The largest absolute Gasteiger partial charge is 0.356 e. The van der Waals surface area contributed by atoms with E-state index in [9.17, 15) is 4.79 Å². The monoisotopic (exact) mass is 254 g/mol. The van der Waals surface area contributed by atoms with E-state index < -0.39 is 0 Å². The Morgan fingerprint density at radius 1 is 1.33 bits per heavy atom. The van der Waals surface area contributed by atoms with Crippen molar-refractivity contribution >= 4 is 5.91 Å². The fourth-order valence-corrected chi connectivity index (χ4v) is 1.62. The Labute approximate surface area is 107 Å². The molecule has 1 aromatic rings. The standard InChI is InChI=1S/C12H22N4O2/c1-10-15-12(18-16-10)7-9-14-11(17)6-4-2-3-5-8-13/h2-9,13H2,1H3,(H,14,17). The summed E-state index contributed by atoms with van der Waals surface area (Å²) >= 11 is 0. The molecular formula is C12H22N4O2. The number of aryl methyl sites for hydroxylation is 1. The van der Waals surface area contributed by atoms with Crippen LogP contribution in [0.5, 0.6) is 0 Å². The Morgan fingerprint density at radius 3 is 2.78 bits per heavy atom. The van der Waals surface area contributed by atoms with Gasteiger partial charge in [0, 0.05) is 19.4 Å². The highest BCUT2D eigenvalue weighted by Crippen LogP contribution is 2.02. The summed E-state index contributed by atoms with van der Waals surface area (Å²) in [4.78, 5) is 15.5. The molecule has 6 nitrogen and oxygen atoms in total. The van der Waals surface area contributed by atoms with E-state index in [1.807, 2.05) is 0 Å². The van der Waals surface area contributed by atoms with Gasteiger partial charge in [-0.1, -0.05) is 18.0 Å². The number of unbranched alkanes of at least 4 members (excludes halogenated alkanes) is 3. The van der Waals surface area contributed by atoms with Crippen LogP contribution in [0.15, 0.2) is 4.52 Å². The molecule has 0 radical (unpaired) electrons. The average molecular weight is 254 g/mol. The second-order valence-electron chi connectivity index (χ2n) is 4.29. The van der Waals surface area contributed by atoms with E-state index in [0.29, 0.717) is 31.1 Å². The molecule has 0 aliphatic carbocycles. The number of carbonyl (C=O) groups excluding carboxylic acids is 1. The summed E-state index contributed by atoms with van der Waals surface area (Å²) in [5, 5.41) is 6.52. The number of nitrogens with one attached hydrogen (secondary N) is 1. The quantitative estimate of drug-likeness (QED) is 0.640. The van der Waals surface area contributed by atoms with E-state index in [-0.39, 0.29) is 5.91 Å². The number of amides is 1. The van der Waals surface area contributed by atoms with Crippen LogP contribution >= 0.6 is 0 Å². The molecule has 1 amide bonds. The van der Waals surface area contributed by atoms with Crippen molar-refractivity contribution in [1.29, 1.82) is 0 Å². The van der Waals surface area contributed by atoms with Gasteiger partial charge < -0.3 is 15.6 Å². The van der Waals surface area contributed by atoms with Crippen molar-refractivity contribution in [2.24, 2.45) is 5.73 Å². The summed E-state index contributed by atoms with van der Waals surface area (Å²) in [6, 6.07) is 0. The Kier molecular flexibility index (Phi) is 7.01. The van der Waals surface area contributed by atoms with Crippen molar-refractivity contribution in [2.45, 2.75) is 45.4 Å². The average Bonchev–Trinajstić information content (AvgIpc) is 2.75. The number of carbonyl (C=O) groups is 1. The molecular weight excluding hydrogens is 232 g/mol. The normalized spacial score (nSPS) is 10.6. The molecule has 0 saturated carbocycles. The van der Waals surface area contributed by atoms with Crippen molar-refractivity contribution in [1.82, 2.24) is 15.5 Å². The van der Waals surface area contributed by atoms with E-state index in [1.54, 1.807) is 6.92 Å². The molecule has 1 rings (SSSR count). The van der Waals surface area contributed by atoms with Gasteiger partial charge in [0.15, 0.2) is 5.82 Å². The summed E-state index contributed by atoms with van der Waals surface area (Å²) < 4.78 is 4.95. The van der Waals surface area contributed by atoms with E-state index in [2.05, 4.69) is 15.5 Å². The third kappa shape index (κ3) is 6.34. The first kappa shape index (κ1) is 14.6. The zero-order valence-electron chi connectivity index (χ0n) is 10.9. The molecule has 0 bridgehead atoms. The van der Waals surface area contributed by atoms with Crippen LogP contribution in [-0.4, -0.2) is 29.1 Å². The Morgan fingerprint density at radius 2 is 2.11 bits per heavy atom. The predicted octanol–water partition coefficient (Wildman–Crippen LogP) is 0.946. The van der Waals surface area contributed by atoms with Crippen LogP contribution in [0.1, 0.15) is 43.8 Å². The fraction of sp³-hybridized carbons (Fsp3) is 0.750. The van der Waals surface area contributed by atoms with Crippen molar-refractivity contribution in [3.05, 3.63) is 11.7 Å². The molecule has 102 valence electrons. The van der Waals surface area contributed by atoms with Gasteiger partial charge in [0.25, 0.3) is 0 Å². The summed E-state index contributed by atoms with van der Waals surface area (Å²) in [6.07, 6.45) is 5.29. The lowest BCUT2D eigenvalue weighted by atomic mass is 10.1. The lowest BCUT2D eigenvalue weighted by Crippen LogP contribution is -2.25. The topological polar surface area (TPSA) is 94.0 Å². The number of nitrogens with zero attached hydrogens (tertiary/aromatic N) is 2. The van der Waals surface area contributed by atoms with E-state index >= 15 is 0 Å². The minimum absolute atomic E-state index is 0.0824. The second kappa shape index (κ2) is 8.63. The number of rotatable bonds is 9. The molecule has 0 aromatic carbocycles. The van der Waals surface area contributed by atoms with Crippen LogP contribution in [0.25, 0.3) is 0 Å². The third-order valence-electron chi connectivity index (χ3n) is 2.59. The first-order chi connectivity index (χ1) is 8.72. The molecule has 6 heteroatoms. The minimum atomic E-state index is 0.0824. The zero-order valence-corrected chi connectivity index (χ0v) is 10.9. The molecule has 0 aliphatic heterocycles. The Balaban J connectivity index is 2.00. The van der Waals surface area contributed by atoms with Crippen molar-refractivity contribution < 1.29 is 9.32 Å². The predicted molar refractivity (Wildman–Crippen MR) is 67.9 cm³/mol. The lowest BCUT2D eigenvalue weighted by Gasteiger charge is -2.03. The van der Waals surface area contributed by atoms with Crippen molar-refractivity contribution in [2.75, 3.05) is 13.1 Å². The van der Waals surface area contributed by atoms with Crippen LogP contribution in [0, 0.1) is 6.92 Å². The van der Waals surface area contributed by atoms with E-state index in [1.165, 1.54) is 0 Å². The molecule has 0 saturated heterocycles. The highest BCUT2D eigenvalue weighted by Gasteiger charge is 2.04. The first-order valence-electron chi connectivity index (χ1n) is 6.48. The first-order valence-corrected chi connectivity index (χ1v) is 6.48. The maximum atomic E-state index is 11.5. The maximum absolute atomic E-state index is 11.5. The molecule has 0 aliphatic rings. The summed E-state index contributed by atoms with van der Waals surface area (Å²) in [7, 11) is 0. The molecule has 1 heterocycles. The fourth-order valence-electron chi connectivity index (χ4n) is 1.62. The SMILES string of the molecule is Cc1noc(CCNC(=O)CCCCCCN)n1. The number of hydrogen-bond donors (Lipinski definition) is 2. The van der Waals surface area contributed by atoms with E-state index in [4.69, 9.17) is 10.3 Å². The van der Waals surface area contributed by atoms with Crippen LogP contribution in [-0.2, 0) is 11.2 Å². The van der Waals surface area contributed by atoms with Crippen molar-refractivity contribution in [3.63, 3.8) is 0 Å². The minimum Gasteiger partial charge on any atom is -0.356 e. The Bertz CT molecular complexity index is 352. The van der Waals surface area contributed by atoms with Gasteiger partial charge in [-0.05, 0) is 26.3 Å². The lowest BCUT2D eigenvalue weighted by molar-refractivity contribution is -0.121.